The second kappa shape index (κ2) is 7.28. The average molecular weight is 295 g/mol. The number of aliphatic carboxylic acids is 1. The van der Waals surface area contributed by atoms with Gasteiger partial charge in [0.05, 0.1) is 5.41 Å². The molecule has 1 amide bonds. The van der Waals surface area contributed by atoms with Crippen LogP contribution in [-0.4, -0.2) is 23.0 Å². The van der Waals surface area contributed by atoms with E-state index in [1.165, 1.54) is 38.5 Å². The van der Waals surface area contributed by atoms with Gasteiger partial charge in [0.2, 0.25) is 5.91 Å². The first kappa shape index (κ1) is 16.3. The highest BCUT2D eigenvalue weighted by Crippen LogP contribution is 2.41. The number of carboxylic acid groups (broad SMARTS) is 1. The first-order valence-electron chi connectivity index (χ1n) is 8.56. The average Bonchev–Trinajstić information content (AvgIpc) is 2.74. The lowest BCUT2D eigenvalue weighted by molar-refractivity contribution is -0.151. The zero-order valence-electron chi connectivity index (χ0n) is 13.2. The molecular formula is C17H29NO3. The van der Waals surface area contributed by atoms with Gasteiger partial charge in [-0.25, -0.2) is 0 Å². The van der Waals surface area contributed by atoms with Crippen LogP contribution in [0.2, 0.25) is 0 Å². The van der Waals surface area contributed by atoms with E-state index in [0.717, 1.165) is 12.8 Å². The molecule has 0 aromatic heterocycles. The molecule has 0 aromatic carbocycles. The maximum absolute atomic E-state index is 12.3. The molecule has 2 rings (SSSR count). The molecule has 0 saturated heterocycles. The van der Waals surface area contributed by atoms with E-state index in [9.17, 15) is 14.7 Å². The van der Waals surface area contributed by atoms with Crippen LogP contribution in [0, 0.1) is 11.3 Å². The summed E-state index contributed by atoms with van der Waals surface area (Å²) in [6, 6.07) is 0.169. The maximum Gasteiger partial charge on any atom is 0.310 e. The van der Waals surface area contributed by atoms with Crippen molar-refractivity contribution in [1.82, 2.24) is 5.32 Å². The van der Waals surface area contributed by atoms with Crippen LogP contribution in [-0.2, 0) is 9.59 Å². The van der Waals surface area contributed by atoms with Gasteiger partial charge < -0.3 is 10.4 Å². The quantitative estimate of drug-likeness (QED) is 0.763. The molecule has 0 aromatic rings. The van der Waals surface area contributed by atoms with Crippen LogP contribution < -0.4 is 5.32 Å². The highest BCUT2D eigenvalue weighted by atomic mass is 16.4. The molecule has 2 N–H and O–H groups in total. The van der Waals surface area contributed by atoms with Gasteiger partial charge in [-0.15, -0.1) is 0 Å². The van der Waals surface area contributed by atoms with Crippen molar-refractivity contribution in [3.63, 3.8) is 0 Å². The molecule has 21 heavy (non-hydrogen) atoms. The van der Waals surface area contributed by atoms with Gasteiger partial charge >= 0.3 is 5.97 Å². The van der Waals surface area contributed by atoms with Crippen molar-refractivity contribution in [1.29, 1.82) is 0 Å². The Bertz CT molecular complexity index is 366. The van der Waals surface area contributed by atoms with Gasteiger partial charge in [-0.1, -0.05) is 38.5 Å². The third-order valence-corrected chi connectivity index (χ3v) is 5.51. The van der Waals surface area contributed by atoms with Crippen LogP contribution in [0.3, 0.4) is 0 Å². The molecule has 0 unspecified atom stereocenters. The molecule has 2 aliphatic carbocycles. The second-order valence-electron chi connectivity index (χ2n) is 7.08. The SMILES string of the molecule is C[C@H](NC(=O)CC1(C(=O)O)CCCC1)C1CCCCCC1. The van der Waals surface area contributed by atoms with E-state index in [0.29, 0.717) is 18.8 Å². The molecule has 4 heteroatoms. The third-order valence-electron chi connectivity index (χ3n) is 5.51. The van der Waals surface area contributed by atoms with Gasteiger partial charge in [0.1, 0.15) is 0 Å². The Morgan fingerprint density at radius 2 is 1.67 bits per heavy atom. The predicted octanol–water partition coefficient (Wildman–Crippen LogP) is 3.50. The Kier molecular flexibility index (Phi) is 5.65. The fourth-order valence-electron chi connectivity index (χ4n) is 4.06. The number of amides is 1. The smallest absolute Gasteiger partial charge is 0.310 e. The first-order chi connectivity index (χ1) is 10.0. The fraction of sp³-hybridized carbons (Fsp3) is 0.882. The van der Waals surface area contributed by atoms with Gasteiger partial charge in [0.25, 0.3) is 0 Å². The predicted molar refractivity (Wildman–Crippen MR) is 82.0 cm³/mol. The fourth-order valence-corrected chi connectivity index (χ4v) is 4.06. The molecule has 0 bridgehead atoms. The van der Waals surface area contributed by atoms with Crippen molar-refractivity contribution in [2.24, 2.45) is 11.3 Å². The summed E-state index contributed by atoms with van der Waals surface area (Å²) in [6.45, 7) is 2.08. The van der Waals surface area contributed by atoms with Crippen LogP contribution in [0.5, 0.6) is 0 Å². The zero-order chi connectivity index (χ0) is 15.3. The van der Waals surface area contributed by atoms with Crippen molar-refractivity contribution in [2.45, 2.75) is 83.6 Å². The highest BCUT2D eigenvalue weighted by molar-refractivity contribution is 5.85. The van der Waals surface area contributed by atoms with Crippen molar-refractivity contribution in [3.8, 4) is 0 Å². The minimum Gasteiger partial charge on any atom is -0.481 e. The van der Waals surface area contributed by atoms with Crippen LogP contribution in [0.25, 0.3) is 0 Å². The number of carboxylic acids is 1. The van der Waals surface area contributed by atoms with E-state index in [2.05, 4.69) is 12.2 Å². The Hall–Kier alpha value is -1.06. The Labute approximate surface area is 127 Å². The molecule has 2 fully saturated rings. The van der Waals surface area contributed by atoms with Crippen LogP contribution >= 0.6 is 0 Å². The van der Waals surface area contributed by atoms with Gasteiger partial charge in [0, 0.05) is 12.5 Å². The van der Waals surface area contributed by atoms with Crippen LogP contribution in [0.15, 0.2) is 0 Å². The summed E-state index contributed by atoms with van der Waals surface area (Å²) in [4.78, 5) is 23.8. The van der Waals surface area contributed by atoms with Gasteiger partial charge in [0.15, 0.2) is 0 Å². The lowest BCUT2D eigenvalue weighted by Crippen LogP contribution is -2.42. The molecule has 2 saturated carbocycles. The van der Waals surface area contributed by atoms with Gasteiger partial charge in [-0.3, -0.25) is 9.59 Å². The molecule has 2 aliphatic rings. The first-order valence-corrected chi connectivity index (χ1v) is 8.56. The van der Waals surface area contributed by atoms with E-state index in [1.807, 2.05) is 0 Å². The molecule has 4 nitrogen and oxygen atoms in total. The standard InChI is InChI=1S/C17H29NO3/c1-13(14-8-4-2-3-5-9-14)18-15(19)12-17(16(20)21)10-6-7-11-17/h13-14H,2-12H2,1H3,(H,18,19)(H,20,21)/t13-/m0/s1. The number of carbonyl (C=O) groups is 2. The summed E-state index contributed by atoms with van der Waals surface area (Å²) in [5.41, 5.74) is -0.798. The van der Waals surface area contributed by atoms with Gasteiger partial charge in [-0.2, -0.15) is 0 Å². The highest BCUT2D eigenvalue weighted by Gasteiger charge is 2.43. The minimum atomic E-state index is -0.798. The lowest BCUT2D eigenvalue weighted by atomic mass is 9.82. The number of carbonyl (C=O) groups excluding carboxylic acids is 1. The van der Waals surface area contributed by atoms with E-state index in [-0.39, 0.29) is 18.4 Å². The molecule has 120 valence electrons. The molecule has 0 spiro atoms. The van der Waals surface area contributed by atoms with Gasteiger partial charge in [-0.05, 0) is 38.5 Å². The van der Waals surface area contributed by atoms with Crippen LogP contribution in [0.4, 0.5) is 0 Å². The Morgan fingerprint density at radius 1 is 1.10 bits per heavy atom. The molecule has 0 aliphatic heterocycles. The van der Waals surface area contributed by atoms with Crippen molar-refractivity contribution in [3.05, 3.63) is 0 Å². The number of nitrogens with one attached hydrogen (secondary N) is 1. The third kappa shape index (κ3) is 4.21. The summed E-state index contributed by atoms with van der Waals surface area (Å²) in [7, 11) is 0. The number of hydrogen-bond acceptors (Lipinski definition) is 2. The van der Waals surface area contributed by atoms with Crippen molar-refractivity contribution >= 4 is 11.9 Å². The number of rotatable bonds is 5. The second-order valence-corrected chi connectivity index (χ2v) is 7.08. The van der Waals surface area contributed by atoms with E-state index in [1.54, 1.807) is 0 Å². The van der Waals surface area contributed by atoms with Crippen molar-refractivity contribution in [2.75, 3.05) is 0 Å². The largest absolute Gasteiger partial charge is 0.481 e. The maximum atomic E-state index is 12.3. The summed E-state index contributed by atoms with van der Waals surface area (Å²) < 4.78 is 0. The normalized spacial score (nSPS) is 24.2. The Balaban J connectivity index is 1.86. The molecule has 0 heterocycles. The lowest BCUT2D eigenvalue weighted by Gasteiger charge is -2.27. The Morgan fingerprint density at radius 3 is 2.19 bits per heavy atom. The summed E-state index contributed by atoms with van der Waals surface area (Å²) in [6.07, 6.45) is 10.8. The van der Waals surface area contributed by atoms with E-state index >= 15 is 0 Å². The van der Waals surface area contributed by atoms with E-state index < -0.39 is 11.4 Å². The summed E-state index contributed by atoms with van der Waals surface area (Å²) in [5.74, 6) is -0.311. The zero-order valence-corrected chi connectivity index (χ0v) is 13.2. The molecule has 0 radical (unpaired) electrons. The molecule has 1 atom stereocenters. The summed E-state index contributed by atoms with van der Waals surface area (Å²) in [5, 5.41) is 12.5. The minimum absolute atomic E-state index is 0.0731. The monoisotopic (exact) mass is 295 g/mol. The van der Waals surface area contributed by atoms with E-state index in [4.69, 9.17) is 0 Å². The molecular weight excluding hydrogens is 266 g/mol. The topological polar surface area (TPSA) is 66.4 Å². The number of hydrogen-bond donors (Lipinski definition) is 2. The van der Waals surface area contributed by atoms with Crippen molar-refractivity contribution < 1.29 is 14.7 Å². The summed E-state index contributed by atoms with van der Waals surface area (Å²) >= 11 is 0. The van der Waals surface area contributed by atoms with Crippen LogP contribution in [0.1, 0.15) is 77.6 Å².